The number of carbonyl (C=O) groups excluding carboxylic acids is 5. The summed E-state index contributed by atoms with van der Waals surface area (Å²) in [4.78, 5) is 74.1. The third kappa shape index (κ3) is 12.2. The van der Waals surface area contributed by atoms with E-state index in [4.69, 9.17) is 9.47 Å². The van der Waals surface area contributed by atoms with Gasteiger partial charge in [0.2, 0.25) is 5.91 Å². The summed E-state index contributed by atoms with van der Waals surface area (Å²) < 4.78 is 10.6. The topological polar surface area (TPSA) is 155 Å². The molecule has 2 heterocycles. The maximum absolute atomic E-state index is 14.1. The van der Waals surface area contributed by atoms with E-state index in [9.17, 15) is 29.1 Å². The van der Waals surface area contributed by atoms with Gasteiger partial charge in [0.15, 0.2) is 11.9 Å². The number of likely N-dealkylation sites (tertiary alicyclic amines) is 1. The van der Waals surface area contributed by atoms with E-state index in [-0.39, 0.29) is 60.6 Å². The number of methoxy groups -OCH3 is 1. The molecule has 2 N–H and O–H groups in total. The Morgan fingerprint density at radius 3 is 2.33 bits per heavy atom. The van der Waals surface area contributed by atoms with Crippen LogP contribution in [0.5, 0.6) is 0 Å². The van der Waals surface area contributed by atoms with Crippen molar-refractivity contribution >= 4 is 40.9 Å². The van der Waals surface area contributed by atoms with E-state index in [1.807, 2.05) is 65.1 Å². The fourth-order valence-electron chi connectivity index (χ4n) is 7.01. The zero-order valence-electron chi connectivity index (χ0n) is 32.0. The van der Waals surface area contributed by atoms with Crippen molar-refractivity contribution in [1.82, 2.24) is 20.1 Å². The highest BCUT2D eigenvalue weighted by atomic mass is 32.1. The largest absolute Gasteiger partial charge is 0.469 e. The van der Waals surface area contributed by atoms with Crippen LogP contribution in [0.2, 0.25) is 0 Å². The average Bonchev–Trinajstić information content (AvgIpc) is 3.61. The Hall–Kier alpha value is -3.68. The molecule has 1 aliphatic rings. The summed E-state index contributed by atoms with van der Waals surface area (Å²) >= 11 is 1.18. The molecule has 52 heavy (non-hydrogen) atoms. The van der Waals surface area contributed by atoms with Gasteiger partial charge in [-0.1, -0.05) is 64.4 Å². The van der Waals surface area contributed by atoms with Crippen LogP contribution in [-0.4, -0.2) is 102 Å². The number of likely N-dealkylation sites (N-methyl/N-ethyl adjacent to an activating group) is 1. The summed E-state index contributed by atoms with van der Waals surface area (Å²) in [6.07, 6.45) is 3.01. The molecule has 1 fully saturated rings. The van der Waals surface area contributed by atoms with Gasteiger partial charge in [-0.2, -0.15) is 0 Å². The number of nitrogens with one attached hydrogen (secondary N) is 1. The zero-order chi connectivity index (χ0) is 38.5. The molecule has 0 bridgehead atoms. The van der Waals surface area contributed by atoms with Gasteiger partial charge in [0, 0.05) is 50.2 Å². The van der Waals surface area contributed by atoms with E-state index in [2.05, 4.69) is 15.2 Å². The Morgan fingerprint density at radius 2 is 1.75 bits per heavy atom. The number of amides is 2. The highest BCUT2D eigenvalue weighted by Crippen LogP contribution is 2.32. The van der Waals surface area contributed by atoms with Crippen LogP contribution in [0.15, 0.2) is 35.7 Å². The van der Waals surface area contributed by atoms with E-state index in [0.29, 0.717) is 11.4 Å². The summed E-state index contributed by atoms with van der Waals surface area (Å²) in [6.45, 7) is 9.67. The van der Waals surface area contributed by atoms with Gasteiger partial charge in [0.05, 0.1) is 25.7 Å². The van der Waals surface area contributed by atoms with Crippen molar-refractivity contribution in [2.45, 2.75) is 104 Å². The number of nitrogens with zero attached hydrogens (tertiary/aromatic N) is 3. The van der Waals surface area contributed by atoms with Crippen LogP contribution < -0.4 is 5.32 Å². The molecule has 6 atom stereocenters. The number of piperidine rings is 1. The van der Waals surface area contributed by atoms with Gasteiger partial charge < -0.3 is 24.8 Å². The summed E-state index contributed by atoms with van der Waals surface area (Å²) in [5.41, 5.74) is 1.05. The number of Topliss-reactive ketones (excluding diaryl/α,β-unsaturated/α-hetero) is 1. The third-order valence-corrected chi connectivity index (χ3v) is 11.0. The van der Waals surface area contributed by atoms with Crippen LogP contribution in [-0.2, 0) is 35.1 Å². The number of benzene rings is 1. The van der Waals surface area contributed by atoms with Crippen LogP contribution in [0.4, 0.5) is 0 Å². The standard InChI is InChI=1S/C39H58N4O8S/c1-24(2)30(20-34(46)32-16-12-13-17-42(32)6)38(48)43(7)33(25(3)4)21-35(51-26(5)45)37-41-31(23-52-37)36(47)40-29(18-27-14-10-9-11-15-27)19-28(22-44)39(49)50-8/h9-11,14-15,23-25,28-30,32-33,35,44H,12-13,16-22H2,1-8H3,(H,40,47)/t28?,29-,30-,32+,33+,35+/m0/s1. The Kier molecular flexibility index (Phi) is 16.9. The maximum Gasteiger partial charge on any atom is 0.311 e. The number of carbonyl (C=O) groups is 5. The summed E-state index contributed by atoms with van der Waals surface area (Å²) in [7, 11) is 4.97. The van der Waals surface area contributed by atoms with Crippen molar-refractivity contribution in [2.75, 3.05) is 34.4 Å². The van der Waals surface area contributed by atoms with Gasteiger partial charge >= 0.3 is 11.9 Å². The van der Waals surface area contributed by atoms with E-state index >= 15 is 0 Å². The first-order chi connectivity index (χ1) is 24.7. The van der Waals surface area contributed by atoms with Crippen molar-refractivity contribution in [2.24, 2.45) is 23.7 Å². The third-order valence-electron chi connectivity index (χ3n) is 10.1. The number of esters is 2. The number of aromatic nitrogens is 1. The van der Waals surface area contributed by atoms with Crippen LogP contribution in [0.3, 0.4) is 0 Å². The predicted octanol–water partition coefficient (Wildman–Crippen LogP) is 4.85. The first kappa shape index (κ1) is 42.7. The van der Waals surface area contributed by atoms with Gasteiger partial charge in [0.1, 0.15) is 10.7 Å². The van der Waals surface area contributed by atoms with Gasteiger partial charge in [-0.05, 0) is 56.7 Å². The highest BCUT2D eigenvalue weighted by molar-refractivity contribution is 7.09. The van der Waals surface area contributed by atoms with E-state index in [1.54, 1.807) is 17.3 Å². The molecule has 1 saturated heterocycles. The van der Waals surface area contributed by atoms with Crippen molar-refractivity contribution in [3.63, 3.8) is 0 Å². The Labute approximate surface area is 312 Å². The first-order valence-electron chi connectivity index (χ1n) is 18.3. The molecule has 2 aromatic rings. The molecule has 1 unspecified atom stereocenters. The van der Waals surface area contributed by atoms with E-state index in [0.717, 1.165) is 31.4 Å². The lowest BCUT2D eigenvalue weighted by molar-refractivity contribution is -0.150. The number of aliphatic hydroxyl groups is 1. The minimum absolute atomic E-state index is 0.0317. The summed E-state index contributed by atoms with van der Waals surface area (Å²) in [5, 5.41) is 14.8. The Balaban J connectivity index is 1.81. The molecule has 1 aliphatic heterocycles. The highest BCUT2D eigenvalue weighted by Gasteiger charge is 2.37. The predicted molar refractivity (Wildman–Crippen MR) is 199 cm³/mol. The summed E-state index contributed by atoms with van der Waals surface area (Å²) in [6, 6.07) is 8.43. The number of rotatable bonds is 19. The van der Waals surface area contributed by atoms with Gasteiger partial charge in [-0.25, -0.2) is 4.98 Å². The molecule has 2 amide bonds. The molecular formula is C39H58N4O8S. The van der Waals surface area contributed by atoms with Gasteiger partial charge in [-0.3, -0.25) is 28.9 Å². The first-order valence-corrected chi connectivity index (χ1v) is 19.2. The van der Waals surface area contributed by atoms with Gasteiger partial charge in [-0.15, -0.1) is 11.3 Å². The zero-order valence-corrected chi connectivity index (χ0v) is 32.8. The Bertz CT molecular complexity index is 1480. The van der Waals surface area contributed by atoms with E-state index < -0.39 is 48.4 Å². The van der Waals surface area contributed by atoms with Crippen molar-refractivity contribution in [3.8, 4) is 0 Å². The summed E-state index contributed by atoms with van der Waals surface area (Å²) in [5.74, 6) is -3.01. The normalized spacial score (nSPS) is 17.9. The molecule has 0 saturated carbocycles. The minimum atomic E-state index is -0.833. The number of ether oxygens (including phenoxy) is 2. The molecule has 1 aromatic heterocycles. The lowest BCUT2D eigenvalue weighted by atomic mass is 9.84. The van der Waals surface area contributed by atoms with E-state index in [1.165, 1.54) is 25.4 Å². The van der Waals surface area contributed by atoms with Gasteiger partial charge in [0.25, 0.3) is 5.91 Å². The van der Waals surface area contributed by atoms with Crippen molar-refractivity contribution in [3.05, 3.63) is 52.0 Å². The maximum atomic E-state index is 14.1. The molecule has 0 radical (unpaired) electrons. The second-order valence-electron chi connectivity index (χ2n) is 14.7. The number of thiazole rings is 1. The van der Waals surface area contributed by atoms with Crippen molar-refractivity contribution in [1.29, 1.82) is 0 Å². The molecule has 12 nitrogen and oxygen atoms in total. The van der Waals surface area contributed by atoms with Crippen LogP contribution in [0, 0.1) is 23.7 Å². The molecule has 1 aromatic carbocycles. The molecule has 0 spiro atoms. The van der Waals surface area contributed by atoms with Crippen LogP contribution in [0.25, 0.3) is 0 Å². The smallest absolute Gasteiger partial charge is 0.311 e. The average molecular weight is 743 g/mol. The minimum Gasteiger partial charge on any atom is -0.469 e. The number of aliphatic hydroxyl groups excluding tert-OH is 1. The number of hydrogen-bond donors (Lipinski definition) is 2. The fourth-order valence-corrected chi connectivity index (χ4v) is 7.85. The number of ketones is 1. The lowest BCUT2D eigenvalue weighted by Gasteiger charge is -2.37. The fraction of sp³-hybridized carbons (Fsp3) is 0.641. The number of hydrogen-bond acceptors (Lipinski definition) is 11. The lowest BCUT2D eigenvalue weighted by Crippen LogP contribution is -2.48. The molecule has 3 rings (SSSR count). The molecule has 13 heteroatoms. The Morgan fingerprint density at radius 1 is 1.06 bits per heavy atom. The van der Waals surface area contributed by atoms with Crippen molar-refractivity contribution < 1.29 is 38.6 Å². The SMILES string of the molecule is COC(=O)C(CO)C[C@H](Cc1ccccc1)NC(=O)c1csc([C@@H](C[C@H](C(C)C)N(C)C(=O)[C@@H](CC(=O)[C@H]2CCCCN2C)C(C)C)OC(C)=O)n1. The quantitative estimate of drug-likeness (QED) is 0.191. The van der Waals surface area contributed by atoms with Crippen LogP contribution in [0.1, 0.15) is 100 Å². The monoisotopic (exact) mass is 742 g/mol. The second-order valence-corrected chi connectivity index (χ2v) is 15.6. The second kappa shape index (κ2) is 20.5. The van der Waals surface area contributed by atoms with Crippen LogP contribution >= 0.6 is 11.3 Å². The molecule has 0 aliphatic carbocycles. The molecule has 288 valence electrons. The molecular weight excluding hydrogens is 685 g/mol.